The van der Waals surface area contributed by atoms with E-state index in [1.165, 1.54) is 4.90 Å². The van der Waals surface area contributed by atoms with Gasteiger partial charge in [0.25, 0.3) is 0 Å². The van der Waals surface area contributed by atoms with E-state index in [1.54, 1.807) is 27.7 Å². The van der Waals surface area contributed by atoms with Crippen LogP contribution < -0.4 is 4.18 Å². The number of halogens is 3. The fraction of sp³-hybridized carbons (Fsp3) is 0.667. The van der Waals surface area contributed by atoms with Crippen LogP contribution in [0.5, 0.6) is 5.88 Å². The third kappa shape index (κ3) is 5.40. The Bertz CT molecular complexity index is 854. The smallest absolute Gasteiger partial charge is 0.444 e. The van der Waals surface area contributed by atoms with E-state index in [2.05, 4.69) is 14.2 Å². The molecule has 0 fully saturated rings. The van der Waals surface area contributed by atoms with Crippen LogP contribution in [-0.2, 0) is 27.8 Å². The molecule has 0 bridgehead atoms. The number of alkyl halides is 3. The summed E-state index contributed by atoms with van der Waals surface area (Å²) in [5.41, 5.74) is -6.04. The molecule has 1 amide bonds. The lowest BCUT2D eigenvalue weighted by atomic mass is 10.1. The number of fused-ring (bicyclic) bond motifs is 1. The van der Waals surface area contributed by atoms with Gasteiger partial charge in [0.05, 0.1) is 17.8 Å². The molecule has 8 nitrogen and oxygen atoms in total. The first-order valence-corrected chi connectivity index (χ1v) is 10.6. The second-order valence-corrected chi connectivity index (χ2v) is 9.57. The van der Waals surface area contributed by atoms with Gasteiger partial charge in [-0.05, 0) is 26.5 Å². The fourth-order valence-corrected chi connectivity index (χ4v) is 3.28. The first kappa shape index (κ1) is 22.5. The Morgan fingerprint density at radius 2 is 1.89 bits per heavy atom. The highest BCUT2D eigenvalue weighted by atomic mass is 32.2. The van der Waals surface area contributed by atoms with E-state index in [1.807, 2.05) is 0 Å². The number of rotatable bonds is 4. The van der Waals surface area contributed by atoms with Gasteiger partial charge in [0.15, 0.2) is 5.16 Å². The Hall–Kier alpha value is -1.76. The molecular weight excluding hydrogens is 423 g/mol. The lowest BCUT2D eigenvalue weighted by Crippen LogP contribution is -2.40. The Balaban J connectivity index is 2.41. The highest BCUT2D eigenvalue weighted by molar-refractivity contribution is 7.99. The zero-order valence-electron chi connectivity index (χ0n) is 15.7. The molecule has 0 aliphatic carbocycles. The zero-order chi connectivity index (χ0) is 21.3. The average molecular weight is 443 g/mol. The summed E-state index contributed by atoms with van der Waals surface area (Å²) in [6, 6.07) is 0. The Morgan fingerprint density at radius 1 is 1.25 bits per heavy atom. The van der Waals surface area contributed by atoms with Gasteiger partial charge >= 0.3 is 21.7 Å². The zero-order valence-corrected chi connectivity index (χ0v) is 17.3. The van der Waals surface area contributed by atoms with Crippen LogP contribution in [0.2, 0.25) is 0 Å². The standard InChI is InChI=1S/C15H20F3N3O5S2/c1-5-27-12-19-10-6-7-21(13(22)25-14(2,3)4)8-9(10)11(20-12)26-28(23,24)15(16,17)18/h5-8H2,1-4H3. The van der Waals surface area contributed by atoms with Crippen LogP contribution in [0.15, 0.2) is 5.16 Å². The van der Waals surface area contributed by atoms with Crippen LogP contribution in [0, 0.1) is 0 Å². The summed E-state index contributed by atoms with van der Waals surface area (Å²) in [7, 11) is -5.92. The lowest BCUT2D eigenvalue weighted by molar-refractivity contribution is -0.0502. The van der Waals surface area contributed by atoms with Crippen LogP contribution in [-0.4, -0.2) is 52.8 Å². The van der Waals surface area contributed by atoms with E-state index in [-0.39, 0.29) is 30.2 Å². The molecular formula is C15H20F3N3O5S2. The van der Waals surface area contributed by atoms with Gasteiger partial charge in [0.2, 0.25) is 5.88 Å². The van der Waals surface area contributed by atoms with Crippen molar-refractivity contribution in [2.24, 2.45) is 0 Å². The Labute approximate surface area is 164 Å². The van der Waals surface area contributed by atoms with Crippen molar-refractivity contribution in [3.05, 3.63) is 11.3 Å². The summed E-state index contributed by atoms with van der Waals surface area (Å²) in [5, 5.41) is 0.0966. The number of hydrogen-bond acceptors (Lipinski definition) is 8. The maximum atomic E-state index is 12.7. The number of aromatic nitrogens is 2. The Morgan fingerprint density at radius 3 is 2.43 bits per heavy atom. The molecule has 2 heterocycles. The van der Waals surface area contributed by atoms with Gasteiger partial charge in [-0.1, -0.05) is 18.7 Å². The number of nitrogens with zero attached hydrogens (tertiary/aromatic N) is 3. The van der Waals surface area contributed by atoms with Crippen molar-refractivity contribution < 1.29 is 35.3 Å². The molecule has 0 saturated carbocycles. The van der Waals surface area contributed by atoms with Gasteiger partial charge in [0.1, 0.15) is 5.60 Å². The molecule has 0 spiro atoms. The molecule has 13 heteroatoms. The average Bonchev–Trinajstić information content (AvgIpc) is 2.51. The quantitative estimate of drug-likeness (QED) is 0.303. The second kappa shape index (κ2) is 7.93. The number of amides is 1. The normalized spacial score (nSPS) is 15.2. The van der Waals surface area contributed by atoms with Crippen molar-refractivity contribution in [3.8, 4) is 5.88 Å². The highest BCUT2D eigenvalue weighted by Gasteiger charge is 2.49. The number of carbonyl (C=O) groups excluding carboxylic acids is 1. The molecule has 0 radical (unpaired) electrons. The SMILES string of the molecule is CCSc1nc2c(c(OS(=O)(=O)C(F)(F)F)n1)CN(C(=O)OC(C)(C)C)CC2. The Kier molecular flexibility index (Phi) is 6.38. The summed E-state index contributed by atoms with van der Waals surface area (Å²) in [4.78, 5) is 21.6. The fourth-order valence-electron chi connectivity index (χ4n) is 2.26. The molecule has 1 aliphatic heterocycles. The number of carbonyl (C=O) groups is 1. The van der Waals surface area contributed by atoms with Crippen LogP contribution in [0.4, 0.5) is 18.0 Å². The molecule has 0 aromatic carbocycles. The maximum absolute atomic E-state index is 12.7. The lowest BCUT2D eigenvalue weighted by Gasteiger charge is -2.31. The van der Waals surface area contributed by atoms with E-state index in [0.717, 1.165) is 11.8 Å². The van der Waals surface area contributed by atoms with Crippen molar-refractivity contribution in [1.29, 1.82) is 0 Å². The second-order valence-electron chi connectivity index (χ2n) is 6.80. The molecule has 28 heavy (non-hydrogen) atoms. The van der Waals surface area contributed by atoms with Gasteiger partial charge in [0, 0.05) is 13.0 Å². The predicted molar refractivity (Wildman–Crippen MR) is 94.4 cm³/mol. The third-order valence-electron chi connectivity index (χ3n) is 3.40. The van der Waals surface area contributed by atoms with E-state index < -0.39 is 33.2 Å². The number of thioether (sulfide) groups is 1. The van der Waals surface area contributed by atoms with E-state index in [9.17, 15) is 26.4 Å². The summed E-state index contributed by atoms with van der Waals surface area (Å²) in [5.74, 6) is -0.208. The molecule has 0 atom stereocenters. The minimum atomic E-state index is -5.92. The van der Waals surface area contributed by atoms with Gasteiger partial charge in [-0.3, -0.25) is 0 Å². The number of ether oxygens (including phenoxy) is 1. The van der Waals surface area contributed by atoms with Crippen molar-refractivity contribution in [2.45, 2.75) is 56.9 Å². The van der Waals surface area contributed by atoms with Crippen LogP contribution in [0.3, 0.4) is 0 Å². The first-order valence-electron chi connectivity index (χ1n) is 8.25. The van der Waals surface area contributed by atoms with E-state index in [4.69, 9.17) is 4.74 Å². The monoisotopic (exact) mass is 443 g/mol. The molecule has 1 aromatic rings. The van der Waals surface area contributed by atoms with Gasteiger partial charge in [-0.2, -0.15) is 26.6 Å². The summed E-state index contributed by atoms with van der Waals surface area (Å²) < 4.78 is 70.7. The first-order chi connectivity index (χ1) is 12.7. The minimum absolute atomic E-state index is 0.00499. The molecule has 158 valence electrons. The molecule has 2 rings (SSSR count). The van der Waals surface area contributed by atoms with Crippen molar-refractivity contribution in [3.63, 3.8) is 0 Å². The van der Waals surface area contributed by atoms with E-state index >= 15 is 0 Å². The van der Waals surface area contributed by atoms with Gasteiger partial charge in [-0.25, -0.2) is 9.78 Å². The minimum Gasteiger partial charge on any atom is -0.444 e. The van der Waals surface area contributed by atoms with E-state index in [0.29, 0.717) is 11.4 Å². The largest absolute Gasteiger partial charge is 0.534 e. The summed E-state index contributed by atoms with van der Waals surface area (Å²) in [6.07, 6.45) is -0.494. The van der Waals surface area contributed by atoms with Crippen LogP contribution in [0.1, 0.15) is 39.0 Å². The van der Waals surface area contributed by atoms with Crippen molar-refractivity contribution in [2.75, 3.05) is 12.3 Å². The van der Waals surface area contributed by atoms with Crippen LogP contribution in [0.25, 0.3) is 0 Å². The van der Waals surface area contributed by atoms with Gasteiger partial charge in [-0.15, -0.1) is 0 Å². The van der Waals surface area contributed by atoms with Crippen molar-refractivity contribution >= 4 is 28.0 Å². The molecule has 0 saturated heterocycles. The predicted octanol–water partition coefficient (Wildman–Crippen LogP) is 3.11. The molecule has 0 unspecified atom stereocenters. The summed E-state index contributed by atoms with van der Waals surface area (Å²) in [6.45, 7) is 6.77. The van der Waals surface area contributed by atoms with Crippen molar-refractivity contribution in [1.82, 2.24) is 14.9 Å². The maximum Gasteiger partial charge on any atom is 0.534 e. The highest BCUT2D eigenvalue weighted by Crippen LogP contribution is 2.33. The summed E-state index contributed by atoms with van der Waals surface area (Å²) >= 11 is 1.13. The van der Waals surface area contributed by atoms with Gasteiger partial charge < -0.3 is 13.8 Å². The van der Waals surface area contributed by atoms with Crippen LogP contribution >= 0.6 is 11.8 Å². The number of hydrogen-bond donors (Lipinski definition) is 0. The topological polar surface area (TPSA) is 98.7 Å². The molecule has 1 aromatic heterocycles. The third-order valence-corrected chi connectivity index (χ3v) is 5.07. The molecule has 0 N–H and O–H groups in total. The molecule has 1 aliphatic rings.